The van der Waals surface area contributed by atoms with Gasteiger partial charge in [0.25, 0.3) is 0 Å². The first-order valence-electron chi connectivity index (χ1n) is 6.64. The van der Waals surface area contributed by atoms with Gasteiger partial charge >= 0.3 is 0 Å². The van der Waals surface area contributed by atoms with Crippen molar-refractivity contribution < 1.29 is 4.79 Å². The maximum Gasteiger partial charge on any atom is 0.168 e. The molecule has 0 spiro atoms. The Morgan fingerprint density at radius 1 is 1.22 bits per heavy atom. The predicted octanol–water partition coefficient (Wildman–Crippen LogP) is 3.85. The highest BCUT2D eigenvalue weighted by Crippen LogP contribution is 2.34. The molecule has 0 radical (unpaired) electrons. The Hall–Kier alpha value is -1.70. The first kappa shape index (κ1) is 11.4. The summed E-state index contributed by atoms with van der Waals surface area (Å²) in [5, 5.41) is 2.09. The van der Waals surface area contributed by atoms with Crippen molar-refractivity contribution in [2.75, 3.05) is 0 Å². The smallest absolute Gasteiger partial charge is 0.168 e. The van der Waals surface area contributed by atoms with Gasteiger partial charge in [0.2, 0.25) is 0 Å². The third-order valence-corrected chi connectivity index (χ3v) is 4.13. The zero-order chi connectivity index (χ0) is 12.5. The Balaban J connectivity index is 2.06. The van der Waals surface area contributed by atoms with E-state index in [0.29, 0.717) is 5.92 Å². The molecule has 1 aliphatic carbocycles. The van der Waals surface area contributed by atoms with E-state index in [4.69, 9.17) is 0 Å². The molecule has 0 aliphatic heterocycles. The van der Waals surface area contributed by atoms with Crippen molar-refractivity contribution in [1.29, 1.82) is 0 Å². The quantitative estimate of drug-likeness (QED) is 0.745. The van der Waals surface area contributed by atoms with Crippen molar-refractivity contribution in [2.45, 2.75) is 26.2 Å². The monoisotopic (exact) mass is 239 g/mol. The number of Topliss-reactive ketones (excluding diaryl/α,β-unsaturated/α-hetero) is 1. The number of carbonyl (C=O) groups is 1. The Kier molecular flexibility index (Phi) is 2.86. The standard InChI is InChI=1S/C16H17NO/c1-11-5-4-8-13(11)16(18)15-10-17-9-12-6-2-3-7-14(12)15/h2-3,6-7,9-11,13H,4-5,8H2,1H3. The topological polar surface area (TPSA) is 30.0 Å². The van der Waals surface area contributed by atoms with Gasteiger partial charge in [0, 0.05) is 29.3 Å². The molecule has 2 aromatic rings. The van der Waals surface area contributed by atoms with Gasteiger partial charge in [0.15, 0.2) is 5.78 Å². The van der Waals surface area contributed by atoms with E-state index in [9.17, 15) is 4.79 Å². The average molecular weight is 239 g/mol. The van der Waals surface area contributed by atoms with Crippen LogP contribution in [0.15, 0.2) is 36.7 Å². The number of aromatic nitrogens is 1. The van der Waals surface area contributed by atoms with Crippen molar-refractivity contribution in [3.8, 4) is 0 Å². The fraction of sp³-hybridized carbons (Fsp3) is 0.375. The summed E-state index contributed by atoms with van der Waals surface area (Å²) in [5.74, 6) is 0.985. The van der Waals surface area contributed by atoms with Crippen molar-refractivity contribution in [1.82, 2.24) is 4.98 Å². The minimum Gasteiger partial charge on any atom is -0.294 e. The molecule has 3 rings (SSSR count). The van der Waals surface area contributed by atoms with Crippen LogP contribution >= 0.6 is 0 Å². The highest BCUT2D eigenvalue weighted by atomic mass is 16.1. The number of hydrogen-bond acceptors (Lipinski definition) is 2. The van der Waals surface area contributed by atoms with Gasteiger partial charge < -0.3 is 0 Å². The van der Waals surface area contributed by atoms with Gasteiger partial charge in [-0.05, 0) is 24.1 Å². The molecule has 0 bridgehead atoms. The van der Waals surface area contributed by atoms with E-state index in [0.717, 1.165) is 22.8 Å². The molecule has 18 heavy (non-hydrogen) atoms. The van der Waals surface area contributed by atoms with Crippen LogP contribution in [0.1, 0.15) is 36.5 Å². The SMILES string of the molecule is CC1CCCC1C(=O)c1cncc2ccccc12. The number of benzene rings is 1. The highest BCUT2D eigenvalue weighted by Gasteiger charge is 2.31. The summed E-state index contributed by atoms with van der Waals surface area (Å²) in [6.45, 7) is 2.19. The lowest BCUT2D eigenvalue weighted by atomic mass is 9.88. The molecule has 0 N–H and O–H groups in total. The van der Waals surface area contributed by atoms with Crippen LogP contribution in [0, 0.1) is 11.8 Å². The highest BCUT2D eigenvalue weighted by molar-refractivity contribution is 6.08. The molecule has 2 atom stereocenters. The third kappa shape index (κ3) is 1.82. The van der Waals surface area contributed by atoms with Crippen molar-refractivity contribution in [3.63, 3.8) is 0 Å². The van der Waals surface area contributed by atoms with E-state index in [2.05, 4.69) is 11.9 Å². The number of rotatable bonds is 2. The van der Waals surface area contributed by atoms with Crippen LogP contribution in [0.4, 0.5) is 0 Å². The second-order valence-corrected chi connectivity index (χ2v) is 5.29. The Morgan fingerprint density at radius 3 is 2.83 bits per heavy atom. The molecular formula is C16H17NO. The van der Waals surface area contributed by atoms with Crippen LogP contribution in [0.25, 0.3) is 10.8 Å². The van der Waals surface area contributed by atoms with Gasteiger partial charge in [-0.2, -0.15) is 0 Å². The van der Waals surface area contributed by atoms with Gasteiger partial charge in [0.1, 0.15) is 0 Å². The van der Waals surface area contributed by atoms with Crippen LogP contribution in [0.2, 0.25) is 0 Å². The molecule has 1 aromatic heterocycles. The second kappa shape index (κ2) is 4.52. The van der Waals surface area contributed by atoms with E-state index in [-0.39, 0.29) is 11.7 Å². The maximum absolute atomic E-state index is 12.6. The van der Waals surface area contributed by atoms with Gasteiger partial charge in [-0.15, -0.1) is 0 Å². The first-order valence-corrected chi connectivity index (χ1v) is 6.64. The summed E-state index contributed by atoms with van der Waals surface area (Å²) in [6.07, 6.45) is 6.94. The number of fused-ring (bicyclic) bond motifs is 1. The third-order valence-electron chi connectivity index (χ3n) is 4.13. The van der Waals surface area contributed by atoms with Crippen LogP contribution in [0.5, 0.6) is 0 Å². The van der Waals surface area contributed by atoms with E-state index < -0.39 is 0 Å². The van der Waals surface area contributed by atoms with E-state index >= 15 is 0 Å². The zero-order valence-electron chi connectivity index (χ0n) is 10.6. The first-order chi connectivity index (χ1) is 8.77. The molecule has 1 fully saturated rings. The van der Waals surface area contributed by atoms with Crippen molar-refractivity contribution in [2.24, 2.45) is 11.8 Å². The van der Waals surface area contributed by atoms with E-state index in [1.54, 1.807) is 6.20 Å². The Morgan fingerprint density at radius 2 is 2.06 bits per heavy atom. The number of hydrogen-bond donors (Lipinski definition) is 0. The fourth-order valence-electron chi connectivity index (χ4n) is 3.05. The summed E-state index contributed by atoms with van der Waals surface area (Å²) < 4.78 is 0. The molecule has 2 nitrogen and oxygen atoms in total. The molecule has 1 aliphatic rings. The van der Waals surface area contributed by atoms with Gasteiger partial charge in [-0.3, -0.25) is 9.78 Å². The molecule has 92 valence electrons. The minimum atomic E-state index is 0.192. The molecule has 0 saturated heterocycles. The predicted molar refractivity (Wildman–Crippen MR) is 72.6 cm³/mol. The molecule has 1 aromatic carbocycles. The Labute approximate surface area is 107 Å². The molecule has 0 amide bonds. The van der Waals surface area contributed by atoms with Gasteiger partial charge in [0.05, 0.1) is 0 Å². The fourth-order valence-corrected chi connectivity index (χ4v) is 3.05. The Bertz CT molecular complexity index is 585. The normalized spacial score (nSPS) is 23.4. The number of ketones is 1. The lowest BCUT2D eigenvalue weighted by Gasteiger charge is -2.14. The second-order valence-electron chi connectivity index (χ2n) is 5.29. The van der Waals surface area contributed by atoms with Crippen molar-refractivity contribution in [3.05, 3.63) is 42.2 Å². The zero-order valence-corrected chi connectivity index (χ0v) is 10.6. The summed E-state index contributed by atoms with van der Waals surface area (Å²) in [7, 11) is 0. The minimum absolute atomic E-state index is 0.192. The van der Waals surface area contributed by atoms with Crippen LogP contribution < -0.4 is 0 Å². The summed E-state index contributed by atoms with van der Waals surface area (Å²) in [4.78, 5) is 16.8. The lowest BCUT2D eigenvalue weighted by Crippen LogP contribution is -2.17. The van der Waals surface area contributed by atoms with Gasteiger partial charge in [-0.1, -0.05) is 37.6 Å². The van der Waals surface area contributed by atoms with E-state index in [1.165, 1.54) is 12.8 Å². The number of carbonyl (C=O) groups excluding carboxylic acids is 1. The molecular weight excluding hydrogens is 222 g/mol. The van der Waals surface area contributed by atoms with Crippen molar-refractivity contribution >= 4 is 16.6 Å². The largest absolute Gasteiger partial charge is 0.294 e. The van der Waals surface area contributed by atoms with Crippen LogP contribution in [-0.4, -0.2) is 10.8 Å². The summed E-state index contributed by atoms with van der Waals surface area (Å²) >= 11 is 0. The molecule has 2 heteroatoms. The van der Waals surface area contributed by atoms with Crippen LogP contribution in [0.3, 0.4) is 0 Å². The number of pyridine rings is 1. The summed E-state index contributed by atoms with van der Waals surface area (Å²) in [6, 6.07) is 7.99. The maximum atomic E-state index is 12.6. The molecule has 2 unspecified atom stereocenters. The molecule has 1 saturated carbocycles. The van der Waals surface area contributed by atoms with Crippen LogP contribution in [-0.2, 0) is 0 Å². The summed E-state index contributed by atoms with van der Waals surface area (Å²) in [5.41, 5.74) is 0.798. The lowest BCUT2D eigenvalue weighted by molar-refractivity contribution is 0.0898. The molecule has 1 heterocycles. The number of nitrogens with zero attached hydrogens (tertiary/aromatic N) is 1. The van der Waals surface area contributed by atoms with E-state index in [1.807, 2.05) is 30.5 Å². The van der Waals surface area contributed by atoms with Gasteiger partial charge in [-0.25, -0.2) is 0 Å². The average Bonchev–Trinajstić information content (AvgIpc) is 2.83.